The molecule has 1 N–H and O–H groups in total. The maximum absolute atomic E-state index is 10.3. The lowest BCUT2D eigenvalue weighted by molar-refractivity contribution is -0.137. The van der Waals surface area contributed by atoms with Crippen LogP contribution in [0.4, 0.5) is 0 Å². The highest BCUT2D eigenvalue weighted by Gasteiger charge is 1.92. The van der Waals surface area contributed by atoms with E-state index in [2.05, 4.69) is 43.4 Å². The summed E-state index contributed by atoms with van der Waals surface area (Å²) in [6.07, 6.45) is 23.4. The molecule has 0 heterocycles. The molecule has 0 aromatic carbocycles. The number of hydrogen-bond donors (Lipinski definition) is 1. The van der Waals surface area contributed by atoms with Gasteiger partial charge in [-0.3, -0.25) is 4.79 Å². The second-order valence-corrected chi connectivity index (χ2v) is 5.01. The van der Waals surface area contributed by atoms with Gasteiger partial charge in [-0.2, -0.15) is 0 Å². The molecule has 0 rings (SSSR count). The summed E-state index contributed by atoms with van der Waals surface area (Å²) in [4.78, 5) is 10.3. The lowest BCUT2D eigenvalue weighted by atomic mass is 10.2. The van der Waals surface area contributed by atoms with Crippen LogP contribution in [0.25, 0.3) is 0 Å². The predicted molar refractivity (Wildman–Crippen MR) is 86.9 cm³/mol. The van der Waals surface area contributed by atoms with Crippen LogP contribution in [-0.2, 0) is 4.79 Å². The highest BCUT2D eigenvalue weighted by Crippen LogP contribution is 2.02. The van der Waals surface area contributed by atoms with Crippen molar-refractivity contribution in [3.05, 3.63) is 36.5 Å². The molecule has 0 spiro atoms. The predicted octanol–water partition coefficient (Wildman–Crippen LogP) is 5.66. The minimum Gasteiger partial charge on any atom is -0.481 e. The van der Waals surface area contributed by atoms with Crippen LogP contribution in [0, 0.1) is 0 Å². The van der Waals surface area contributed by atoms with Gasteiger partial charge >= 0.3 is 5.97 Å². The summed E-state index contributed by atoms with van der Waals surface area (Å²) in [6, 6.07) is 0. The number of carbonyl (C=O) groups is 1. The highest BCUT2D eigenvalue weighted by atomic mass is 16.4. The van der Waals surface area contributed by atoms with Crippen LogP contribution in [0.2, 0.25) is 0 Å². The lowest BCUT2D eigenvalue weighted by Crippen LogP contribution is -1.92. The normalized spacial score (nSPS) is 12.1. The Morgan fingerprint density at radius 1 is 0.800 bits per heavy atom. The molecule has 0 aromatic heterocycles. The summed E-state index contributed by atoms with van der Waals surface area (Å²) in [5.41, 5.74) is 0. The molecule has 0 saturated carbocycles. The first-order valence-electron chi connectivity index (χ1n) is 7.94. The molecule has 0 saturated heterocycles. The van der Waals surface area contributed by atoms with Crippen LogP contribution < -0.4 is 0 Å². The molecule has 0 aliphatic rings. The molecular formula is C18H30O2. The fraction of sp³-hybridized carbons (Fsp3) is 0.611. The Kier molecular flexibility index (Phi) is 14.7. The first-order valence-corrected chi connectivity index (χ1v) is 7.94. The van der Waals surface area contributed by atoms with Crippen LogP contribution in [0.5, 0.6) is 0 Å². The Morgan fingerprint density at radius 2 is 1.35 bits per heavy atom. The van der Waals surface area contributed by atoms with Crippen LogP contribution in [-0.4, -0.2) is 11.1 Å². The van der Waals surface area contributed by atoms with Crippen molar-refractivity contribution in [3.8, 4) is 0 Å². The van der Waals surface area contributed by atoms with Crippen LogP contribution in [0.3, 0.4) is 0 Å². The van der Waals surface area contributed by atoms with E-state index in [1.54, 1.807) is 0 Å². The van der Waals surface area contributed by atoms with Gasteiger partial charge < -0.3 is 5.11 Å². The summed E-state index contributed by atoms with van der Waals surface area (Å²) >= 11 is 0. The monoisotopic (exact) mass is 278 g/mol. The lowest BCUT2D eigenvalue weighted by Gasteiger charge is -1.91. The smallest absolute Gasteiger partial charge is 0.303 e. The van der Waals surface area contributed by atoms with Crippen LogP contribution >= 0.6 is 0 Å². The zero-order valence-electron chi connectivity index (χ0n) is 12.9. The molecule has 0 fully saturated rings. The fourth-order valence-electron chi connectivity index (χ4n) is 1.82. The highest BCUT2D eigenvalue weighted by molar-refractivity contribution is 5.66. The minimum atomic E-state index is -0.705. The maximum atomic E-state index is 10.3. The number of carboxylic acid groups (broad SMARTS) is 1. The number of rotatable bonds is 13. The zero-order valence-corrected chi connectivity index (χ0v) is 12.9. The quantitative estimate of drug-likeness (QED) is 0.348. The van der Waals surface area contributed by atoms with E-state index in [-0.39, 0.29) is 6.42 Å². The van der Waals surface area contributed by atoms with Crippen molar-refractivity contribution < 1.29 is 9.90 Å². The third kappa shape index (κ3) is 16.7. The molecule has 2 heteroatoms. The molecule has 0 atom stereocenters. The Bertz CT molecular complexity index is 301. The molecule has 0 bridgehead atoms. The second kappa shape index (κ2) is 15.7. The first kappa shape index (κ1) is 18.7. The summed E-state index contributed by atoms with van der Waals surface area (Å²) in [5, 5.41) is 8.48. The van der Waals surface area contributed by atoms with E-state index in [0.717, 1.165) is 32.1 Å². The molecule has 2 nitrogen and oxygen atoms in total. The standard InChI is InChI=1S/C18H30O2/c1-2-3-4-5-6-7-8-9-10-11-12-13-14-15-16-17-18(19)20/h6-7,9-10,13-14H,2-5,8,11-12,15-17H2,1H3,(H,19,20)/b7-6-,10-9+,14-13-. The summed E-state index contributed by atoms with van der Waals surface area (Å²) in [6.45, 7) is 2.23. The number of hydrogen-bond acceptors (Lipinski definition) is 1. The Labute approximate surface area is 124 Å². The Morgan fingerprint density at radius 3 is 2.00 bits per heavy atom. The van der Waals surface area contributed by atoms with Crippen molar-refractivity contribution in [2.45, 2.75) is 71.1 Å². The van der Waals surface area contributed by atoms with Crippen molar-refractivity contribution in [2.75, 3.05) is 0 Å². The summed E-state index contributed by atoms with van der Waals surface area (Å²) < 4.78 is 0. The zero-order chi connectivity index (χ0) is 14.9. The van der Waals surface area contributed by atoms with Gasteiger partial charge in [0.2, 0.25) is 0 Å². The van der Waals surface area contributed by atoms with E-state index in [1.165, 1.54) is 25.7 Å². The first-order chi connectivity index (χ1) is 9.77. The van der Waals surface area contributed by atoms with Gasteiger partial charge in [0.05, 0.1) is 0 Å². The van der Waals surface area contributed by atoms with Gasteiger partial charge in [0.15, 0.2) is 0 Å². The molecular weight excluding hydrogens is 248 g/mol. The van der Waals surface area contributed by atoms with Gasteiger partial charge in [-0.05, 0) is 44.9 Å². The molecule has 0 amide bonds. The van der Waals surface area contributed by atoms with E-state index >= 15 is 0 Å². The fourth-order valence-corrected chi connectivity index (χ4v) is 1.82. The van der Waals surface area contributed by atoms with Gasteiger partial charge in [0, 0.05) is 6.42 Å². The van der Waals surface area contributed by atoms with Gasteiger partial charge in [0.1, 0.15) is 0 Å². The average Bonchev–Trinajstić information content (AvgIpc) is 2.43. The second-order valence-electron chi connectivity index (χ2n) is 5.01. The summed E-state index contributed by atoms with van der Waals surface area (Å²) in [5.74, 6) is -0.705. The number of aliphatic carboxylic acids is 1. The van der Waals surface area contributed by atoms with Gasteiger partial charge in [-0.15, -0.1) is 0 Å². The van der Waals surface area contributed by atoms with E-state index < -0.39 is 5.97 Å². The van der Waals surface area contributed by atoms with Crippen LogP contribution in [0.1, 0.15) is 71.1 Å². The van der Waals surface area contributed by atoms with Crippen LogP contribution in [0.15, 0.2) is 36.5 Å². The maximum Gasteiger partial charge on any atom is 0.303 e. The molecule has 20 heavy (non-hydrogen) atoms. The van der Waals surface area contributed by atoms with Crippen molar-refractivity contribution in [1.82, 2.24) is 0 Å². The van der Waals surface area contributed by atoms with Crippen molar-refractivity contribution in [2.24, 2.45) is 0 Å². The largest absolute Gasteiger partial charge is 0.481 e. The SMILES string of the molecule is CCCCC/C=C\C/C=C/CC/C=C\CCCC(=O)O. The van der Waals surface area contributed by atoms with E-state index in [4.69, 9.17) is 5.11 Å². The number of allylic oxidation sites excluding steroid dienone is 6. The van der Waals surface area contributed by atoms with E-state index in [1.807, 2.05) is 0 Å². The van der Waals surface area contributed by atoms with Crippen molar-refractivity contribution in [1.29, 1.82) is 0 Å². The van der Waals surface area contributed by atoms with Crippen molar-refractivity contribution in [3.63, 3.8) is 0 Å². The molecule has 0 aromatic rings. The van der Waals surface area contributed by atoms with Crippen molar-refractivity contribution >= 4 is 5.97 Å². The Balaban J connectivity index is 3.30. The topological polar surface area (TPSA) is 37.3 Å². The molecule has 0 radical (unpaired) electrons. The number of carboxylic acids is 1. The summed E-state index contributed by atoms with van der Waals surface area (Å²) in [7, 11) is 0. The Hall–Kier alpha value is -1.31. The van der Waals surface area contributed by atoms with Gasteiger partial charge in [-0.1, -0.05) is 56.2 Å². The van der Waals surface area contributed by atoms with Gasteiger partial charge in [0.25, 0.3) is 0 Å². The molecule has 0 unspecified atom stereocenters. The molecule has 114 valence electrons. The molecule has 0 aliphatic carbocycles. The minimum absolute atomic E-state index is 0.273. The third-order valence-corrected chi connectivity index (χ3v) is 3.01. The number of unbranched alkanes of at least 4 members (excludes halogenated alkanes) is 5. The average molecular weight is 278 g/mol. The van der Waals surface area contributed by atoms with E-state index in [9.17, 15) is 4.79 Å². The molecule has 0 aliphatic heterocycles. The van der Waals surface area contributed by atoms with E-state index in [0.29, 0.717) is 0 Å². The van der Waals surface area contributed by atoms with Gasteiger partial charge in [-0.25, -0.2) is 0 Å². The third-order valence-electron chi connectivity index (χ3n) is 3.01.